The Morgan fingerprint density at radius 2 is 2.06 bits per heavy atom. The predicted octanol–water partition coefficient (Wildman–Crippen LogP) is 3.01. The van der Waals surface area contributed by atoms with Gasteiger partial charge in [0.05, 0.1) is 6.20 Å². The van der Waals surface area contributed by atoms with Crippen LogP contribution in [0.4, 0.5) is 0 Å². The number of rotatable bonds is 8. The van der Waals surface area contributed by atoms with Gasteiger partial charge in [0.1, 0.15) is 0 Å². The van der Waals surface area contributed by atoms with Crippen molar-refractivity contribution >= 4 is 0 Å². The van der Waals surface area contributed by atoms with E-state index >= 15 is 0 Å². The lowest BCUT2D eigenvalue weighted by Crippen LogP contribution is -2.25. The molecule has 0 amide bonds. The quantitative estimate of drug-likeness (QED) is 0.720. The molecule has 0 aliphatic carbocycles. The van der Waals surface area contributed by atoms with Gasteiger partial charge >= 0.3 is 0 Å². The Kier molecular flexibility index (Phi) is 5.86. The summed E-state index contributed by atoms with van der Waals surface area (Å²) in [6.45, 7) is 11.5. The molecular weight excluding hydrogens is 222 g/mol. The molecule has 18 heavy (non-hydrogen) atoms. The molecule has 1 heterocycles. The van der Waals surface area contributed by atoms with Crippen LogP contribution in [-0.4, -0.2) is 22.9 Å². The molecular formula is C15H29N3. The van der Waals surface area contributed by atoms with E-state index in [9.17, 15) is 0 Å². The SMILES string of the molecule is CC(C)CNCCC(C)(C)CCc1cnn(C)c1. The third-order valence-electron chi connectivity index (χ3n) is 3.38. The van der Waals surface area contributed by atoms with Gasteiger partial charge in [0, 0.05) is 13.2 Å². The van der Waals surface area contributed by atoms with E-state index in [1.165, 1.54) is 18.4 Å². The Labute approximate surface area is 112 Å². The molecule has 0 aliphatic heterocycles. The first-order valence-corrected chi connectivity index (χ1v) is 7.07. The fourth-order valence-electron chi connectivity index (χ4n) is 2.03. The van der Waals surface area contributed by atoms with Crippen molar-refractivity contribution in [1.29, 1.82) is 0 Å². The van der Waals surface area contributed by atoms with E-state index in [1.54, 1.807) is 0 Å². The molecule has 3 heteroatoms. The van der Waals surface area contributed by atoms with Crippen molar-refractivity contribution in [3.05, 3.63) is 18.0 Å². The van der Waals surface area contributed by atoms with Crippen molar-refractivity contribution in [1.82, 2.24) is 15.1 Å². The van der Waals surface area contributed by atoms with Crippen LogP contribution in [0, 0.1) is 11.3 Å². The summed E-state index contributed by atoms with van der Waals surface area (Å²) >= 11 is 0. The first-order valence-electron chi connectivity index (χ1n) is 7.07. The Morgan fingerprint density at radius 3 is 2.61 bits per heavy atom. The van der Waals surface area contributed by atoms with Crippen molar-refractivity contribution in [2.45, 2.75) is 47.0 Å². The van der Waals surface area contributed by atoms with Crippen LogP contribution in [0.5, 0.6) is 0 Å². The summed E-state index contributed by atoms with van der Waals surface area (Å²) in [5.41, 5.74) is 1.75. The van der Waals surface area contributed by atoms with Crippen LogP contribution >= 0.6 is 0 Å². The lowest BCUT2D eigenvalue weighted by molar-refractivity contribution is 0.300. The summed E-state index contributed by atoms with van der Waals surface area (Å²) in [6, 6.07) is 0. The largest absolute Gasteiger partial charge is 0.316 e. The van der Waals surface area contributed by atoms with E-state index in [0.29, 0.717) is 5.41 Å². The zero-order valence-electron chi connectivity index (χ0n) is 12.7. The molecule has 0 fully saturated rings. The number of aromatic nitrogens is 2. The van der Waals surface area contributed by atoms with Crippen molar-refractivity contribution in [2.75, 3.05) is 13.1 Å². The fraction of sp³-hybridized carbons (Fsp3) is 0.800. The van der Waals surface area contributed by atoms with Gasteiger partial charge in [0.2, 0.25) is 0 Å². The zero-order valence-corrected chi connectivity index (χ0v) is 12.7. The van der Waals surface area contributed by atoms with Crippen LogP contribution in [0.15, 0.2) is 12.4 Å². The van der Waals surface area contributed by atoms with Gasteiger partial charge in [-0.25, -0.2) is 0 Å². The van der Waals surface area contributed by atoms with Crippen LogP contribution < -0.4 is 5.32 Å². The highest BCUT2D eigenvalue weighted by molar-refractivity contribution is 5.04. The summed E-state index contributed by atoms with van der Waals surface area (Å²) in [5, 5.41) is 7.74. The smallest absolute Gasteiger partial charge is 0.0521 e. The summed E-state index contributed by atoms with van der Waals surface area (Å²) in [6.07, 6.45) is 7.69. The van der Waals surface area contributed by atoms with Gasteiger partial charge in [0.25, 0.3) is 0 Å². The molecule has 1 aromatic heterocycles. The Hall–Kier alpha value is -0.830. The van der Waals surface area contributed by atoms with Crippen LogP contribution in [0.3, 0.4) is 0 Å². The fourth-order valence-corrected chi connectivity index (χ4v) is 2.03. The topological polar surface area (TPSA) is 29.9 Å². The average molecular weight is 251 g/mol. The van der Waals surface area contributed by atoms with Gasteiger partial charge in [-0.2, -0.15) is 5.10 Å². The second-order valence-electron chi connectivity index (χ2n) is 6.53. The molecule has 0 atom stereocenters. The maximum atomic E-state index is 4.22. The van der Waals surface area contributed by atoms with Crippen molar-refractivity contribution in [2.24, 2.45) is 18.4 Å². The van der Waals surface area contributed by atoms with Crippen LogP contribution in [-0.2, 0) is 13.5 Å². The third-order valence-corrected chi connectivity index (χ3v) is 3.38. The number of nitrogens with zero attached hydrogens (tertiary/aromatic N) is 2. The first-order chi connectivity index (χ1) is 8.39. The molecule has 0 spiro atoms. The molecule has 0 saturated heterocycles. The first kappa shape index (κ1) is 15.2. The summed E-state index contributed by atoms with van der Waals surface area (Å²) < 4.78 is 1.88. The van der Waals surface area contributed by atoms with E-state index in [4.69, 9.17) is 0 Å². The maximum absolute atomic E-state index is 4.22. The van der Waals surface area contributed by atoms with Crippen molar-refractivity contribution in [3.63, 3.8) is 0 Å². The minimum atomic E-state index is 0.403. The Balaban J connectivity index is 2.22. The van der Waals surface area contributed by atoms with Crippen molar-refractivity contribution < 1.29 is 0 Å². The lowest BCUT2D eigenvalue weighted by Gasteiger charge is -2.24. The third kappa shape index (κ3) is 6.20. The molecule has 0 unspecified atom stereocenters. The van der Waals surface area contributed by atoms with Gasteiger partial charge < -0.3 is 5.32 Å². The molecule has 1 aromatic rings. The molecule has 1 N–H and O–H groups in total. The number of hydrogen-bond donors (Lipinski definition) is 1. The number of aryl methyl sites for hydroxylation is 2. The highest BCUT2D eigenvalue weighted by Gasteiger charge is 2.17. The summed E-state index contributed by atoms with van der Waals surface area (Å²) in [7, 11) is 1.98. The predicted molar refractivity (Wildman–Crippen MR) is 77.6 cm³/mol. The van der Waals surface area contributed by atoms with E-state index in [-0.39, 0.29) is 0 Å². The van der Waals surface area contributed by atoms with Crippen LogP contribution in [0.1, 0.15) is 46.1 Å². The molecule has 1 rings (SSSR count). The minimum absolute atomic E-state index is 0.403. The summed E-state index contributed by atoms with van der Waals surface area (Å²) in [4.78, 5) is 0. The Bertz CT molecular complexity index is 339. The molecule has 0 aliphatic rings. The Morgan fingerprint density at radius 1 is 1.33 bits per heavy atom. The molecule has 0 saturated carbocycles. The molecule has 0 radical (unpaired) electrons. The van der Waals surface area contributed by atoms with Gasteiger partial charge in [-0.3, -0.25) is 4.68 Å². The number of nitrogens with one attached hydrogen (secondary N) is 1. The monoisotopic (exact) mass is 251 g/mol. The summed E-state index contributed by atoms with van der Waals surface area (Å²) in [5.74, 6) is 0.739. The second-order valence-corrected chi connectivity index (χ2v) is 6.53. The van der Waals surface area contributed by atoms with Gasteiger partial charge in [-0.05, 0) is 49.2 Å². The zero-order chi connectivity index (χ0) is 13.6. The minimum Gasteiger partial charge on any atom is -0.316 e. The van der Waals surface area contributed by atoms with Gasteiger partial charge in [-0.1, -0.05) is 27.7 Å². The van der Waals surface area contributed by atoms with Crippen LogP contribution in [0.2, 0.25) is 0 Å². The van der Waals surface area contributed by atoms with E-state index in [2.05, 4.69) is 44.3 Å². The molecule has 104 valence electrons. The van der Waals surface area contributed by atoms with E-state index in [0.717, 1.165) is 25.4 Å². The maximum Gasteiger partial charge on any atom is 0.0521 e. The normalized spacial score (nSPS) is 12.3. The standard InChI is InChI=1S/C15H29N3/c1-13(2)10-16-9-8-15(3,4)7-6-14-11-17-18(5)12-14/h11-13,16H,6-10H2,1-5H3. The lowest BCUT2D eigenvalue weighted by atomic mass is 9.83. The van der Waals surface area contributed by atoms with E-state index < -0.39 is 0 Å². The average Bonchev–Trinajstić information content (AvgIpc) is 2.68. The second kappa shape index (κ2) is 6.93. The molecule has 0 bridgehead atoms. The van der Waals surface area contributed by atoms with Gasteiger partial charge in [0.15, 0.2) is 0 Å². The molecule has 0 aromatic carbocycles. The van der Waals surface area contributed by atoms with Crippen LogP contribution in [0.25, 0.3) is 0 Å². The molecule has 3 nitrogen and oxygen atoms in total. The van der Waals surface area contributed by atoms with Crippen molar-refractivity contribution in [3.8, 4) is 0 Å². The van der Waals surface area contributed by atoms with E-state index in [1.807, 2.05) is 17.9 Å². The highest BCUT2D eigenvalue weighted by Crippen LogP contribution is 2.26. The highest BCUT2D eigenvalue weighted by atomic mass is 15.2. The van der Waals surface area contributed by atoms with Gasteiger partial charge in [-0.15, -0.1) is 0 Å². The number of hydrogen-bond acceptors (Lipinski definition) is 2.